The number of fused-ring (bicyclic) bond motifs is 1. The summed E-state index contributed by atoms with van der Waals surface area (Å²) in [5.74, 6) is 0.647. The lowest BCUT2D eigenvalue weighted by Crippen LogP contribution is -2.55. The first-order valence-electron chi connectivity index (χ1n) is 16.4. The first kappa shape index (κ1) is 29.2. The molecule has 1 N–H and O–H groups in total. The molecule has 0 atom stereocenters. The van der Waals surface area contributed by atoms with E-state index in [1.807, 2.05) is 72.5 Å². The number of pyridine rings is 1. The Morgan fingerprint density at radius 3 is 2.20 bits per heavy atom. The van der Waals surface area contributed by atoms with Gasteiger partial charge in [0, 0.05) is 84.5 Å². The van der Waals surface area contributed by atoms with Crippen molar-refractivity contribution in [2.24, 2.45) is 5.92 Å². The largest absolute Gasteiger partial charge is 0.358 e. The third kappa shape index (κ3) is 5.85. The van der Waals surface area contributed by atoms with Gasteiger partial charge in [-0.05, 0) is 56.9 Å². The van der Waals surface area contributed by atoms with Crippen LogP contribution in [0.5, 0.6) is 0 Å². The second-order valence-electron chi connectivity index (χ2n) is 12.9. The molecule has 2 aromatic heterocycles. The first-order chi connectivity index (χ1) is 22.0. The standard InChI is InChI=1S/C37H40N6O2/c1-25-32(24-38)31-21-28(11-12-33(31)39-25)35-23-29(22-34(40-35)26-7-3-2-4-8-26)37(45)43-19-17-41(18-20-43)30-13-15-42(16-14-30)36(44)27-9-5-6-10-27/h2-4,7-8,11-12,21-23,27,30,39H,5-6,9-10,13-20H2,1H3. The van der Waals surface area contributed by atoms with Crippen molar-refractivity contribution in [3.8, 4) is 28.6 Å². The Labute approximate surface area is 264 Å². The first-order valence-corrected chi connectivity index (χ1v) is 16.4. The van der Waals surface area contributed by atoms with Gasteiger partial charge in [-0.15, -0.1) is 0 Å². The molecule has 2 saturated heterocycles. The Bertz CT molecular complexity index is 1750. The number of piperidine rings is 1. The van der Waals surface area contributed by atoms with Gasteiger partial charge >= 0.3 is 0 Å². The number of hydrogen-bond acceptors (Lipinski definition) is 5. The lowest BCUT2D eigenvalue weighted by molar-refractivity contribution is -0.137. The predicted octanol–water partition coefficient (Wildman–Crippen LogP) is 6.02. The summed E-state index contributed by atoms with van der Waals surface area (Å²) >= 11 is 0. The van der Waals surface area contributed by atoms with Gasteiger partial charge in [-0.3, -0.25) is 14.5 Å². The Kier molecular flexibility index (Phi) is 8.12. The molecule has 0 unspecified atom stereocenters. The minimum absolute atomic E-state index is 0.0174. The quantitative estimate of drug-likeness (QED) is 0.302. The van der Waals surface area contributed by atoms with E-state index in [-0.39, 0.29) is 11.8 Å². The molecule has 2 aliphatic heterocycles. The van der Waals surface area contributed by atoms with E-state index in [1.165, 1.54) is 12.8 Å². The van der Waals surface area contributed by atoms with Gasteiger partial charge in [0.2, 0.25) is 5.91 Å². The van der Waals surface area contributed by atoms with Crippen molar-refractivity contribution in [2.45, 2.75) is 51.5 Å². The molecule has 3 aliphatic rings. The van der Waals surface area contributed by atoms with Crippen molar-refractivity contribution in [1.29, 1.82) is 5.26 Å². The van der Waals surface area contributed by atoms with Crippen molar-refractivity contribution in [2.75, 3.05) is 39.3 Å². The number of benzene rings is 2. The summed E-state index contributed by atoms with van der Waals surface area (Å²) < 4.78 is 0. The molecule has 1 aliphatic carbocycles. The van der Waals surface area contributed by atoms with E-state index in [0.717, 1.165) is 85.3 Å². The molecule has 8 heteroatoms. The van der Waals surface area contributed by atoms with E-state index in [4.69, 9.17) is 4.98 Å². The van der Waals surface area contributed by atoms with Crippen LogP contribution in [-0.4, -0.2) is 81.8 Å². The third-order valence-corrected chi connectivity index (χ3v) is 10.1. The summed E-state index contributed by atoms with van der Waals surface area (Å²) in [6.45, 7) is 6.66. The van der Waals surface area contributed by atoms with Crippen LogP contribution in [0.25, 0.3) is 33.4 Å². The number of piperazine rings is 1. The van der Waals surface area contributed by atoms with Crippen LogP contribution in [-0.2, 0) is 4.79 Å². The zero-order chi connectivity index (χ0) is 30.9. The average molecular weight is 601 g/mol. The van der Waals surface area contributed by atoms with Crippen LogP contribution >= 0.6 is 0 Å². The molecule has 1 saturated carbocycles. The number of H-pyrrole nitrogens is 1. The van der Waals surface area contributed by atoms with E-state index in [2.05, 4.69) is 20.9 Å². The normalized spacial score (nSPS) is 18.4. The predicted molar refractivity (Wildman–Crippen MR) is 175 cm³/mol. The number of aromatic amines is 1. The molecule has 3 fully saturated rings. The highest BCUT2D eigenvalue weighted by atomic mass is 16.2. The molecule has 45 heavy (non-hydrogen) atoms. The van der Waals surface area contributed by atoms with E-state index in [1.54, 1.807) is 0 Å². The number of likely N-dealkylation sites (tertiary alicyclic amines) is 1. The second kappa shape index (κ2) is 12.5. The molecule has 2 aromatic carbocycles. The van der Waals surface area contributed by atoms with Gasteiger partial charge in [0.05, 0.1) is 17.0 Å². The molecule has 230 valence electrons. The van der Waals surface area contributed by atoms with Crippen LogP contribution in [0, 0.1) is 24.2 Å². The minimum atomic E-state index is 0.0174. The fraction of sp³-hybridized carbons (Fsp3) is 0.405. The molecular weight excluding hydrogens is 560 g/mol. The number of nitrogens with zero attached hydrogens (tertiary/aromatic N) is 5. The number of nitriles is 1. The van der Waals surface area contributed by atoms with E-state index in [9.17, 15) is 14.9 Å². The summed E-state index contributed by atoms with van der Waals surface area (Å²) in [5.41, 5.74) is 6.28. The van der Waals surface area contributed by atoms with Gasteiger partial charge in [0.15, 0.2) is 0 Å². The van der Waals surface area contributed by atoms with Gasteiger partial charge in [-0.2, -0.15) is 5.26 Å². The summed E-state index contributed by atoms with van der Waals surface area (Å²) in [6, 6.07) is 22.5. The number of aromatic nitrogens is 2. The number of amides is 2. The topological polar surface area (TPSA) is 96.3 Å². The maximum absolute atomic E-state index is 14.0. The summed E-state index contributed by atoms with van der Waals surface area (Å²) in [4.78, 5) is 41.8. The van der Waals surface area contributed by atoms with Gasteiger partial charge in [0.1, 0.15) is 6.07 Å². The van der Waals surface area contributed by atoms with Crippen LogP contribution in [0.3, 0.4) is 0 Å². The van der Waals surface area contributed by atoms with Crippen molar-refractivity contribution in [1.82, 2.24) is 24.7 Å². The lowest BCUT2D eigenvalue weighted by atomic mass is 9.99. The van der Waals surface area contributed by atoms with Crippen LogP contribution in [0.4, 0.5) is 0 Å². The number of hydrogen-bond donors (Lipinski definition) is 1. The lowest BCUT2D eigenvalue weighted by Gasteiger charge is -2.43. The van der Waals surface area contributed by atoms with E-state index >= 15 is 0 Å². The second-order valence-corrected chi connectivity index (χ2v) is 12.9. The van der Waals surface area contributed by atoms with Gasteiger partial charge in [0.25, 0.3) is 5.91 Å². The monoisotopic (exact) mass is 600 g/mol. The third-order valence-electron chi connectivity index (χ3n) is 10.1. The minimum Gasteiger partial charge on any atom is -0.358 e. The number of aryl methyl sites for hydroxylation is 1. The van der Waals surface area contributed by atoms with Gasteiger partial charge < -0.3 is 14.8 Å². The molecule has 2 amide bonds. The Balaban J connectivity index is 1.07. The molecule has 7 rings (SSSR count). The summed E-state index contributed by atoms with van der Waals surface area (Å²) in [7, 11) is 0. The fourth-order valence-corrected chi connectivity index (χ4v) is 7.54. The van der Waals surface area contributed by atoms with Crippen molar-refractivity contribution in [3.05, 3.63) is 77.5 Å². The number of nitrogens with one attached hydrogen (secondary N) is 1. The maximum atomic E-state index is 14.0. The van der Waals surface area contributed by atoms with Gasteiger partial charge in [-0.1, -0.05) is 49.2 Å². The molecule has 4 aromatic rings. The highest BCUT2D eigenvalue weighted by Crippen LogP contribution is 2.31. The maximum Gasteiger partial charge on any atom is 0.254 e. The molecule has 0 spiro atoms. The highest BCUT2D eigenvalue weighted by molar-refractivity contribution is 5.97. The Morgan fingerprint density at radius 1 is 0.822 bits per heavy atom. The SMILES string of the molecule is Cc1[nH]c2ccc(-c3cc(C(=O)N4CCN(C5CCN(C(=O)C6CCCC6)CC5)CC4)cc(-c4ccccc4)n3)cc2c1C#N. The number of carbonyl (C=O) groups is 2. The molecule has 0 bridgehead atoms. The molecule has 4 heterocycles. The zero-order valence-electron chi connectivity index (χ0n) is 26.0. The Morgan fingerprint density at radius 2 is 1.51 bits per heavy atom. The number of carbonyl (C=O) groups excluding carboxylic acids is 2. The van der Waals surface area contributed by atoms with Crippen LogP contribution in [0.1, 0.15) is 60.1 Å². The molecule has 8 nitrogen and oxygen atoms in total. The smallest absolute Gasteiger partial charge is 0.254 e. The average Bonchev–Trinajstić information content (AvgIpc) is 3.75. The van der Waals surface area contributed by atoms with Crippen LogP contribution in [0.15, 0.2) is 60.7 Å². The number of rotatable bonds is 5. The van der Waals surface area contributed by atoms with Crippen molar-refractivity contribution >= 4 is 22.7 Å². The Hall–Kier alpha value is -4.48. The summed E-state index contributed by atoms with van der Waals surface area (Å²) in [6.07, 6.45) is 6.53. The van der Waals surface area contributed by atoms with Crippen LogP contribution < -0.4 is 0 Å². The van der Waals surface area contributed by atoms with E-state index < -0.39 is 0 Å². The van der Waals surface area contributed by atoms with E-state index in [0.29, 0.717) is 41.9 Å². The highest BCUT2D eigenvalue weighted by Gasteiger charge is 2.33. The van der Waals surface area contributed by atoms with Gasteiger partial charge in [-0.25, -0.2) is 4.98 Å². The fourth-order valence-electron chi connectivity index (χ4n) is 7.54. The molecular formula is C37H40N6O2. The zero-order valence-corrected chi connectivity index (χ0v) is 26.0. The van der Waals surface area contributed by atoms with Crippen molar-refractivity contribution < 1.29 is 9.59 Å². The van der Waals surface area contributed by atoms with Crippen molar-refractivity contribution in [3.63, 3.8) is 0 Å². The summed E-state index contributed by atoms with van der Waals surface area (Å²) in [5, 5.41) is 10.6. The molecule has 0 radical (unpaired) electrons. The van der Waals surface area contributed by atoms with Crippen LogP contribution in [0.2, 0.25) is 0 Å².